The van der Waals surface area contributed by atoms with E-state index in [1.54, 1.807) is 6.07 Å². The summed E-state index contributed by atoms with van der Waals surface area (Å²) in [4.78, 5) is 20.7. The molecule has 0 saturated heterocycles. The van der Waals surface area contributed by atoms with Gasteiger partial charge in [-0.3, -0.25) is 4.79 Å². The van der Waals surface area contributed by atoms with Gasteiger partial charge in [0, 0.05) is 0 Å². The Hall–Kier alpha value is -3.08. The van der Waals surface area contributed by atoms with Gasteiger partial charge in [0.15, 0.2) is 0 Å². The average Bonchev–Trinajstić information content (AvgIpc) is 2.66. The molecule has 0 radical (unpaired) electrons. The van der Waals surface area contributed by atoms with Crippen LogP contribution >= 0.6 is 0 Å². The maximum absolute atomic E-state index is 12.7. The molecule has 0 unspecified atom stereocenters. The fourth-order valence-corrected chi connectivity index (χ4v) is 2.62. The van der Waals surface area contributed by atoms with Crippen molar-refractivity contribution in [1.82, 2.24) is 14.7 Å². The molecule has 2 aromatic rings. The maximum atomic E-state index is 12.7. The molecule has 0 spiro atoms. The zero-order chi connectivity index (χ0) is 20.9. The van der Waals surface area contributed by atoms with Gasteiger partial charge in [-0.15, -0.1) is 0 Å². The third kappa shape index (κ3) is 4.80. The molecule has 1 N–H and O–H groups in total. The quantitative estimate of drug-likeness (QED) is 0.691. The Morgan fingerprint density at radius 1 is 1.00 bits per heavy atom. The van der Waals surface area contributed by atoms with Crippen LogP contribution in [0.25, 0.3) is 0 Å². The predicted molar refractivity (Wildman–Crippen MR) is 99.7 cm³/mol. The molecule has 10 nitrogen and oxygen atoms in total. The summed E-state index contributed by atoms with van der Waals surface area (Å²) in [6.07, 6.45) is 0. The van der Waals surface area contributed by atoms with Crippen molar-refractivity contribution < 1.29 is 32.2 Å². The van der Waals surface area contributed by atoms with Gasteiger partial charge >= 0.3 is 6.01 Å². The van der Waals surface area contributed by atoms with Crippen LogP contribution in [-0.2, 0) is 10.0 Å². The van der Waals surface area contributed by atoms with Crippen LogP contribution in [0.1, 0.15) is 24.2 Å². The number of hydrogen-bond acceptors (Lipinski definition) is 9. The molecule has 0 fully saturated rings. The smallest absolute Gasteiger partial charge is 0.328 e. The third-order valence-electron chi connectivity index (χ3n) is 3.57. The van der Waals surface area contributed by atoms with Gasteiger partial charge in [-0.25, -0.2) is 13.1 Å². The van der Waals surface area contributed by atoms with Crippen LogP contribution in [0.2, 0.25) is 0 Å². The molecular formula is C17H21N3O7S. The SMILES string of the molecule is COc1cc(OC)nc(Oc2cccc(OC)c2C(=O)NS(=O)(=O)C(C)C)n1. The number of nitrogens with one attached hydrogen (secondary N) is 1. The number of rotatable bonds is 8. The molecule has 152 valence electrons. The first-order valence-corrected chi connectivity index (χ1v) is 9.64. The van der Waals surface area contributed by atoms with E-state index in [1.165, 1.54) is 53.4 Å². The van der Waals surface area contributed by atoms with Crippen LogP contribution in [0.3, 0.4) is 0 Å². The minimum absolute atomic E-state index is 0.00823. The second-order valence-electron chi connectivity index (χ2n) is 5.70. The van der Waals surface area contributed by atoms with Crippen molar-refractivity contribution in [3.8, 4) is 29.3 Å². The summed E-state index contributed by atoms with van der Waals surface area (Å²) in [6.45, 7) is 2.90. The molecule has 0 aliphatic heterocycles. The molecule has 0 bridgehead atoms. The van der Waals surface area contributed by atoms with E-state index in [0.29, 0.717) is 0 Å². The van der Waals surface area contributed by atoms with Gasteiger partial charge in [-0.1, -0.05) is 6.07 Å². The second kappa shape index (κ2) is 8.74. The highest BCUT2D eigenvalue weighted by Crippen LogP contribution is 2.32. The molecule has 0 atom stereocenters. The Labute approximate surface area is 162 Å². The Kier molecular flexibility index (Phi) is 6.62. The summed E-state index contributed by atoms with van der Waals surface area (Å²) >= 11 is 0. The molecule has 1 amide bonds. The first kappa shape index (κ1) is 21.2. The van der Waals surface area contributed by atoms with Crippen LogP contribution < -0.4 is 23.7 Å². The minimum Gasteiger partial charge on any atom is -0.496 e. The van der Waals surface area contributed by atoms with Gasteiger partial charge in [-0.05, 0) is 26.0 Å². The minimum atomic E-state index is -3.86. The van der Waals surface area contributed by atoms with Crippen LogP contribution in [0.4, 0.5) is 0 Å². The first-order chi connectivity index (χ1) is 13.2. The zero-order valence-electron chi connectivity index (χ0n) is 16.0. The van der Waals surface area contributed by atoms with Crippen molar-refractivity contribution in [1.29, 1.82) is 0 Å². The first-order valence-electron chi connectivity index (χ1n) is 8.09. The van der Waals surface area contributed by atoms with Gasteiger partial charge in [0.05, 0.1) is 32.6 Å². The van der Waals surface area contributed by atoms with Crippen LogP contribution in [-0.4, -0.2) is 50.9 Å². The summed E-state index contributed by atoms with van der Waals surface area (Å²) in [7, 11) is 0.301. The predicted octanol–water partition coefficient (Wildman–Crippen LogP) is 1.76. The Balaban J connectivity index is 2.48. The van der Waals surface area contributed by atoms with E-state index in [0.717, 1.165) is 0 Å². The summed E-state index contributed by atoms with van der Waals surface area (Å²) in [6, 6.07) is 5.80. The van der Waals surface area contributed by atoms with E-state index in [-0.39, 0.29) is 34.8 Å². The summed E-state index contributed by atoms with van der Waals surface area (Å²) in [5.74, 6) is -0.442. The Morgan fingerprint density at radius 3 is 2.07 bits per heavy atom. The van der Waals surface area contributed by atoms with E-state index in [1.807, 2.05) is 4.72 Å². The summed E-state index contributed by atoms with van der Waals surface area (Å²) < 4.78 is 47.1. The number of benzene rings is 1. The molecule has 1 heterocycles. The molecule has 1 aromatic heterocycles. The van der Waals surface area contributed by atoms with Gasteiger partial charge < -0.3 is 18.9 Å². The summed E-state index contributed by atoms with van der Waals surface area (Å²) in [5.41, 5.74) is -0.125. The standard InChI is InChI=1S/C17H21N3O7S/c1-10(2)28(22,23)20-16(21)15-11(24-3)7-6-8-12(15)27-17-18-13(25-4)9-14(19-17)26-5/h6-10H,1-5H3,(H,20,21). The van der Waals surface area contributed by atoms with Crippen molar-refractivity contribution in [3.05, 3.63) is 29.8 Å². The monoisotopic (exact) mass is 411 g/mol. The number of aromatic nitrogens is 2. The Morgan fingerprint density at radius 2 is 1.57 bits per heavy atom. The topological polar surface area (TPSA) is 126 Å². The highest BCUT2D eigenvalue weighted by atomic mass is 32.2. The number of ether oxygens (including phenoxy) is 4. The van der Waals surface area contributed by atoms with Gasteiger partial charge in [0.1, 0.15) is 17.1 Å². The molecule has 28 heavy (non-hydrogen) atoms. The van der Waals surface area contributed by atoms with E-state index in [2.05, 4.69) is 9.97 Å². The second-order valence-corrected chi connectivity index (χ2v) is 7.93. The van der Waals surface area contributed by atoms with Gasteiger partial charge in [0.2, 0.25) is 21.8 Å². The highest BCUT2D eigenvalue weighted by molar-refractivity contribution is 7.90. The number of methoxy groups -OCH3 is 3. The fraction of sp³-hybridized carbons (Fsp3) is 0.353. The van der Waals surface area contributed by atoms with Crippen molar-refractivity contribution in [2.75, 3.05) is 21.3 Å². The lowest BCUT2D eigenvalue weighted by molar-refractivity contribution is 0.0975. The lowest BCUT2D eigenvalue weighted by Crippen LogP contribution is -2.36. The third-order valence-corrected chi connectivity index (χ3v) is 5.28. The van der Waals surface area contributed by atoms with Crippen molar-refractivity contribution in [2.45, 2.75) is 19.1 Å². The average molecular weight is 411 g/mol. The largest absolute Gasteiger partial charge is 0.496 e. The Bertz CT molecular complexity index is 939. The van der Waals surface area contributed by atoms with Crippen molar-refractivity contribution in [3.63, 3.8) is 0 Å². The van der Waals surface area contributed by atoms with E-state index in [9.17, 15) is 13.2 Å². The van der Waals surface area contributed by atoms with Crippen LogP contribution in [0.15, 0.2) is 24.3 Å². The van der Waals surface area contributed by atoms with Crippen LogP contribution in [0, 0.1) is 0 Å². The number of sulfonamides is 1. The van der Waals surface area contributed by atoms with Crippen molar-refractivity contribution >= 4 is 15.9 Å². The molecular weight excluding hydrogens is 390 g/mol. The van der Waals surface area contributed by atoms with Gasteiger partial charge in [0.25, 0.3) is 5.91 Å². The van der Waals surface area contributed by atoms with E-state index in [4.69, 9.17) is 18.9 Å². The zero-order valence-corrected chi connectivity index (χ0v) is 16.9. The molecule has 1 aromatic carbocycles. The number of carbonyl (C=O) groups excluding carboxylic acids is 1. The maximum Gasteiger partial charge on any atom is 0.328 e. The molecule has 0 aliphatic carbocycles. The van der Waals surface area contributed by atoms with Crippen molar-refractivity contribution in [2.24, 2.45) is 0 Å². The number of carbonyl (C=O) groups is 1. The fourth-order valence-electron chi connectivity index (χ4n) is 2.02. The van der Waals surface area contributed by atoms with Gasteiger partial charge in [-0.2, -0.15) is 9.97 Å². The van der Waals surface area contributed by atoms with E-state index >= 15 is 0 Å². The van der Waals surface area contributed by atoms with Crippen LogP contribution in [0.5, 0.6) is 29.3 Å². The molecule has 2 rings (SSSR count). The lowest BCUT2D eigenvalue weighted by atomic mass is 10.1. The highest BCUT2D eigenvalue weighted by Gasteiger charge is 2.26. The molecule has 0 saturated carbocycles. The number of amides is 1. The molecule has 11 heteroatoms. The normalized spacial score (nSPS) is 11.1. The van der Waals surface area contributed by atoms with E-state index < -0.39 is 21.2 Å². The number of nitrogens with zero attached hydrogens (tertiary/aromatic N) is 2. The number of hydrogen-bond donors (Lipinski definition) is 1. The molecule has 0 aliphatic rings. The lowest BCUT2D eigenvalue weighted by Gasteiger charge is -2.15. The summed E-state index contributed by atoms with van der Waals surface area (Å²) in [5, 5.41) is -0.804.